The van der Waals surface area contributed by atoms with Gasteiger partial charge in [0, 0.05) is 31.3 Å². The zero-order chi connectivity index (χ0) is 19.2. The Hall–Kier alpha value is -2.84. The fraction of sp³-hybridized carbons (Fsp3) is 0.316. The van der Waals surface area contributed by atoms with Gasteiger partial charge >= 0.3 is 0 Å². The highest BCUT2D eigenvalue weighted by Gasteiger charge is 2.30. The number of nitrogens with zero attached hydrogens (tertiary/aromatic N) is 2. The number of carbonyl (C=O) groups is 1. The third-order valence-electron chi connectivity index (χ3n) is 4.45. The highest BCUT2D eigenvalue weighted by Crippen LogP contribution is 2.30. The predicted octanol–water partition coefficient (Wildman–Crippen LogP) is 2.58. The summed E-state index contributed by atoms with van der Waals surface area (Å²) in [6.45, 7) is 1.66. The maximum Gasteiger partial charge on any atom is 0.273 e. The Morgan fingerprint density at radius 3 is 2.82 bits per heavy atom. The summed E-state index contributed by atoms with van der Waals surface area (Å²) in [6.07, 6.45) is 0. The van der Waals surface area contributed by atoms with Gasteiger partial charge in [0.25, 0.3) is 11.6 Å². The number of hydrogen-bond donors (Lipinski definition) is 1. The maximum absolute atomic E-state index is 12.8. The van der Waals surface area contributed by atoms with Crippen molar-refractivity contribution in [3.05, 3.63) is 64.2 Å². The summed E-state index contributed by atoms with van der Waals surface area (Å²) in [5.41, 5.74) is 0.852. The number of hydrogen-bond acceptors (Lipinski definition) is 6. The molecule has 2 aromatic rings. The molecular formula is C19H22ClN3O5. The number of nitro groups is 1. The van der Waals surface area contributed by atoms with Gasteiger partial charge in [0.05, 0.1) is 24.1 Å². The van der Waals surface area contributed by atoms with Gasteiger partial charge < -0.3 is 19.7 Å². The predicted molar refractivity (Wildman–Crippen MR) is 106 cm³/mol. The summed E-state index contributed by atoms with van der Waals surface area (Å²) < 4.78 is 10.9. The molecule has 0 aliphatic carbocycles. The highest BCUT2D eigenvalue weighted by molar-refractivity contribution is 5.85. The van der Waals surface area contributed by atoms with E-state index >= 15 is 0 Å². The lowest BCUT2D eigenvalue weighted by atomic mass is 10.0. The monoisotopic (exact) mass is 407 g/mol. The number of carbonyl (C=O) groups excluding carboxylic acids is 1. The quantitative estimate of drug-likeness (QED) is 0.584. The van der Waals surface area contributed by atoms with E-state index in [2.05, 4.69) is 5.32 Å². The molecule has 1 heterocycles. The molecule has 0 spiro atoms. The lowest BCUT2D eigenvalue weighted by Crippen LogP contribution is -2.50. The first-order valence-corrected chi connectivity index (χ1v) is 8.60. The van der Waals surface area contributed by atoms with Crippen molar-refractivity contribution in [3.63, 3.8) is 0 Å². The molecule has 3 rings (SSSR count). The van der Waals surface area contributed by atoms with E-state index < -0.39 is 4.92 Å². The van der Waals surface area contributed by atoms with E-state index in [4.69, 9.17) is 9.47 Å². The van der Waals surface area contributed by atoms with E-state index in [1.807, 2.05) is 24.3 Å². The van der Waals surface area contributed by atoms with Gasteiger partial charge in [0.1, 0.15) is 11.5 Å². The van der Waals surface area contributed by atoms with E-state index in [9.17, 15) is 14.9 Å². The largest absolute Gasteiger partial charge is 0.496 e. The van der Waals surface area contributed by atoms with E-state index in [-0.39, 0.29) is 36.7 Å². The zero-order valence-corrected chi connectivity index (χ0v) is 16.2. The number of amides is 1. The molecule has 0 radical (unpaired) electrons. The Morgan fingerprint density at radius 1 is 1.29 bits per heavy atom. The van der Waals surface area contributed by atoms with Crippen LogP contribution in [-0.2, 0) is 4.79 Å². The molecular weight excluding hydrogens is 386 g/mol. The minimum absolute atomic E-state index is 0. The molecule has 1 atom stereocenters. The number of piperazine rings is 1. The average Bonchev–Trinajstić information content (AvgIpc) is 2.72. The molecule has 2 aromatic carbocycles. The van der Waals surface area contributed by atoms with E-state index in [1.54, 1.807) is 18.1 Å². The first-order chi connectivity index (χ1) is 13.1. The minimum atomic E-state index is -0.497. The number of nitrogens with one attached hydrogen (secondary N) is 1. The SMILES string of the molecule is COc1ccccc1C1CNCCN1C(=O)COc1cccc([N+](=O)[O-])c1.Cl. The smallest absolute Gasteiger partial charge is 0.273 e. The van der Waals surface area contributed by atoms with Gasteiger partial charge in [-0.05, 0) is 12.1 Å². The summed E-state index contributed by atoms with van der Waals surface area (Å²) in [5.74, 6) is 0.837. The number of non-ortho nitro benzene ring substituents is 1. The van der Waals surface area contributed by atoms with Crippen molar-refractivity contribution in [2.45, 2.75) is 6.04 Å². The Balaban J connectivity index is 0.00000280. The summed E-state index contributed by atoms with van der Waals surface area (Å²) in [5, 5.41) is 14.2. The second kappa shape index (κ2) is 9.91. The van der Waals surface area contributed by atoms with Crippen molar-refractivity contribution in [3.8, 4) is 11.5 Å². The molecule has 1 aliphatic rings. The lowest BCUT2D eigenvalue weighted by Gasteiger charge is -2.37. The van der Waals surface area contributed by atoms with Crippen LogP contribution in [0.1, 0.15) is 11.6 Å². The van der Waals surface area contributed by atoms with Crippen LogP contribution >= 0.6 is 12.4 Å². The van der Waals surface area contributed by atoms with Gasteiger partial charge in [-0.25, -0.2) is 0 Å². The number of halogens is 1. The molecule has 1 aliphatic heterocycles. The zero-order valence-electron chi connectivity index (χ0n) is 15.4. The van der Waals surface area contributed by atoms with Crippen molar-refractivity contribution < 1.29 is 19.2 Å². The van der Waals surface area contributed by atoms with Crippen LogP contribution in [0, 0.1) is 10.1 Å². The van der Waals surface area contributed by atoms with Gasteiger partial charge in [0.15, 0.2) is 6.61 Å². The molecule has 1 unspecified atom stereocenters. The summed E-state index contributed by atoms with van der Waals surface area (Å²) >= 11 is 0. The first kappa shape index (κ1) is 21.5. The third-order valence-corrected chi connectivity index (χ3v) is 4.45. The van der Waals surface area contributed by atoms with Gasteiger partial charge in [0.2, 0.25) is 0 Å². The van der Waals surface area contributed by atoms with E-state index in [0.717, 1.165) is 11.3 Å². The maximum atomic E-state index is 12.8. The number of nitro benzene ring substituents is 1. The summed E-state index contributed by atoms with van der Waals surface area (Å²) in [7, 11) is 1.60. The van der Waals surface area contributed by atoms with Crippen LogP contribution in [0.5, 0.6) is 11.5 Å². The van der Waals surface area contributed by atoms with Gasteiger partial charge in [-0.1, -0.05) is 24.3 Å². The first-order valence-electron chi connectivity index (χ1n) is 8.60. The Morgan fingerprint density at radius 2 is 2.07 bits per heavy atom. The summed E-state index contributed by atoms with van der Waals surface area (Å²) in [4.78, 5) is 24.9. The fourth-order valence-corrected chi connectivity index (χ4v) is 3.14. The molecule has 1 saturated heterocycles. The van der Waals surface area contributed by atoms with E-state index in [0.29, 0.717) is 25.4 Å². The lowest BCUT2D eigenvalue weighted by molar-refractivity contribution is -0.384. The molecule has 1 N–H and O–H groups in total. The normalized spacial score (nSPS) is 16.0. The molecule has 9 heteroatoms. The molecule has 28 heavy (non-hydrogen) atoms. The highest BCUT2D eigenvalue weighted by atomic mass is 35.5. The number of benzene rings is 2. The molecule has 1 fully saturated rings. The van der Waals surface area contributed by atoms with Crippen LogP contribution in [0.4, 0.5) is 5.69 Å². The van der Waals surface area contributed by atoms with Gasteiger partial charge in [-0.15, -0.1) is 12.4 Å². The second-order valence-electron chi connectivity index (χ2n) is 6.09. The van der Waals surface area contributed by atoms with Crippen molar-refractivity contribution in [2.75, 3.05) is 33.4 Å². The fourth-order valence-electron chi connectivity index (χ4n) is 3.14. The van der Waals surface area contributed by atoms with Crippen molar-refractivity contribution >= 4 is 24.0 Å². The number of rotatable bonds is 6. The van der Waals surface area contributed by atoms with Crippen molar-refractivity contribution in [1.82, 2.24) is 10.2 Å². The van der Waals surface area contributed by atoms with Gasteiger partial charge in [-0.2, -0.15) is 0 Å². The van der Waals surface area contributed by atoms with Crippen LogP contribution in [0.3, 0.4) is 0 Å². The molecule has 8 nitrogen and oxygen atoms in total. The molecule has 0 aromatic heterocycles. The Bertz CT molecular complexity index is 833. The average molecular weight is 408 g/mol. The molecule has 0 bridgehead atoms. The second-order valence-corrected chi connectivity index (χ2v) is 6.09. The van der Waals surface area contributed by atoms with Crippen molar-refractivity contribution in [2.24, 2.45) is 0 Å². The van der Waals surface area contributed by atoms with Crippen LogP contribution in [0.25, 0.3) is 0 Å². The van der Waals surface area contributed by atoms with E-state index in [1.165, 1.54) is 18.2 Å². The number of para-hydroxylation sites is 1. The molecule has 1 amide bonds. The topological polar surface area (TPSA) is 93.9 Å². The van der Waals surface area contributed by atoms with Crippen LogP contribution in [0.2, 0.25) is 0 Å². The standard InChI is InChI=1S/C19H21N3O5.ClH/c1-26-18-8-3-2-7-16(18)17-12-20-9-10-21(17)19(23)13-27-15-6-4-5-14(11-15)22(24)25;/h2-8,11,17,20H,9-10,12-13H2,1H3;1H. The van der Waals surface area contributed by atoms with Gasteiger partial charge in [-0.3, -0.25) is 14.9 Å². The van der Waals surface area contributed by atoms with Crippen molar-refractivity contribution in [1.29, 1.82) is 0 Å². The third kappa shape index (κ3) is 4.90. The Labute approximate surface area is 169 Å². The van der Waals surface area contributed by atoms with Crippen LogP contribution in [-0.4, -0.2) is 49.1 Å². The summed E-state index contributed by atoms with van der Waals surface area (Å²) in [6, 6.07) is 13.2. The Kier molecular flexibility index (Phi) is 7.60. The minimum Gasteiger partial charge on any atom is -0.496 e. The molecule has 150 valence electrons. The van der Waals surface area contributed by atoms with Crippen LogP contribution in [0.15, 0.2) is 48.5 Å². The number of methoxy groups -OCH3 is 1. The molecule has 0 saturated carbocycles. The number of ether oxygens (including phenoxy) is 2. The van der Waals surface area contributed by atoms with Crippen LogP contribution < -0.4 is 14.8 Å².